The van der Waals surface area contributed by atoms with E-state index in [1.807, 2.05) is 55.5 Å². The second-order valence-electron chi connectivity index (χ2n) is 5.80. The number of hydrogen-bond acceptors (Lipinski definition) is 3. The molecule has 1 aromatic heterocycles. The molecule has 128 valence electrons. The average Bonchev–Trinajstić information content (AvgIpc) is 2.66. The third kappa shape index (κ3) is 3.74. The van der Waals surface area contributed by atoms with Crippen molar-refractivity contribution in [2.75, 3.05) is 0 Å². The number of rotatable bonds is 4. The number of carbonyl (C=O) groups is 1. The average molecular weight is 362 g/mol. The van der Waals surface area contributed by atoms with Gasteiger partial charge in [0.05, 0.1) is 11.6 Å². The Morgan fingerprint density at radius 1 is 1.19 bits per heavy atom. The molecule has 0 saturated heterocycles. The fraction of sp³-hybridized carbons (Fsp3) is 0.0952. The summed E-state index contributed by atoms with van der Waals surface area (Å²) in [6, 6.07) is 18.3. The SMILES string of the molecule is C[C@H](NC(=O)C(C#N)=Cc1ccnc2ccccc12)c1ccccc1Cl. The van der Waals surface area contributed by atoms with Crippen LogP contribution >= 0.6 is 11.6 Å². The first-order valence-electron chi connectivity index (χ1n) is 8.11. The van der Waals surface area contributed by atoms with Crippen LogP contribution in [-0.4, -0.2) is 10.9 Å². The predicted octanol–water partition coefficient (Wildman–Crippen LogP) is 4.67. The van der Waals surface area contributed by atoms with Crippen LogP contribution < -0.4 is 5.32 Å². The summed E-state index contributed by atoms with van der Waals surface area (Å²) in [5, 5.41) is 13.7. The Kier molecular flexibility index (Phi) is 5.31. The van der Waals surface area contributed by atoms with E-state index in [4.69, 9.17) is 11.6 Å². The van der Waals surface area contributed by atoms with Crippen molar-refractivity contribution in [3.63, 3.8) is 0 Å². The lowest BCUT2D eigenvalue weighted by atomic mass is 10.0. The number of para-hydroxylation sites is 1. The fourth-order valence-corrected chi connectivity index (χ4v) is 3.03. The van der Waals surface area contributed by atoms with Crippen molar-refractivity contribution in [2.24, 2.45) is 0 Å². The van der Waals surface area contributed by atoms with Crippen molar-refractivity contribution in [2.45, 2.75) is 13.0 Å². The van der Waals surface area contributed by atoms with E-state index in [1.165, 1.54) is 0 Å². The summed E-state index contributed by atoms with van der Waals surface area (Å²) >= 11 is 6.17. The quantitative estimate of drug-likeness (QED) is 0.542. The van der Waals surface area contributed by atoms with Crippen molar-refractivity contribution < 1.29 is 4.79 Å². The maximum Gasteiger partial charge on any atom is 0.262 e. The highest BCUT2D eigenvalue weighted by atomic mass is 35.5. The molecule has 1 atom stereocenters. The predicted molar refractivity (Wildman–Crippen MR) is 103 cm³/mol. The number of carbonyl (C=O) groups excluding carboxylic acids is 1. The first kappa shape index (κ1) is 17.7. The molecule has 0 spiro atoms. The molecule has 1 heterocycles. The number of nitrogens with zero attached hydrogens (tertiary/aromatic N) is 2. The fourth-order valence-electron chi connectivity index (χ4n) is 2.73. The van der Waals surface area contributed by atoms with Crippen molar-refractivity contribution >= 4 is 34.5 Å². The van der Waals surface area contributed by atoms with Gasteiger partial charge in [0, 0.05) is 16.6 Å². The second kappa shape index (κ2) is 7.81. The zero-order chi connectivity index (χ0) is 18.5. The van der Waals surface area contributed by atoms with E-state index < -0.39 is 5.91 Å². The summed E-state index contributed by atoms with van der Waals surface area (Å²) in [6.07, 6.45) is 3.24. The third-order valence-corrected chi connectivity index (χ3v) is 4.41. The number of amides is 1. The second-order valence-corrected chi connectivity index (χ2v) is 6.21. The van der Waals surface area contributed by atoms with E-state index in [2.05, 4.69) is 10.3 Å². The van der Waals surface area contributed by atoms with Crippen LogP contribution in [0.15, 0.2) is 66.4 Å². The molecule has 3 rings (SSSR count). The molecular formula is C21H16ClN3O. The molecule has 2 aromatic carbocycles. The molecule has 1 N–H and O–H groups in total. The van der Waals surface area contributed by atoms with Gasteiger partial charge >= 0.3 is 0 Å². The summed E-state index contributed by atoms with van der Waals surface area (Å²) < 4.78 is 0. The highest BCUT2D eigenvalue weighted by molar-refractivity contribution is 6.31. The molecular weight excluding hydrogens is 346 g/mol. The number of hydrogen-bond donors (Lipinski definition) is 1. The highest BCUT2D eigenvalue weighted by Gasteiger charge is 2.16. The molecule has 0 fully saturated rings. The Morgan fingerprint density at radius 2 is 1.92 bits per heavy atom. The number of aromatic nitrogens is 1. The summed E-state index contributed by atoms with van der Waals surface area (Å²) in [5.74, 6) is -0.444. The number of benzene rings is 2. The summed E-state index contributed by atoms with van der Waals surface area (Å²) in [7, 11) is 0. The van der Waals surface area contributed by atoms with Crippen LogP contribution in [0, 0.1) is 11.3 Å². The topological polar surface area (TPSA) is 65.8 Å². The van der Waals surface area contributed by atoms with Crippen LogP contribution in [0.4, 0.5) is 0 Å². The molecule has 0 radical (unpaired) electrons. The van der Waals surface area contributed by atoms with Gasteiger partial charge in [0.2, 0.25) is 0 Å². The maximum absolute atomic E-state index is 12.5. The summed E-state index contributed by atoms with van der Waals surface area (Å²) in [5.41, 5.74) is 2.41. The minimum atomic E-state index is -0.444. The summed E-state index contributed by atoms with van der Waals surface area (Å²) in [6.45, 7) is 1.83. The molecule has 0 aliphatic rings. The van der Waals surface area contributed by atoms with Crippen LogP contribution in [0.1, 0.15) is 24.1 Å². The van der Waals surface area contributed by atoms with Crippen molar-refractivity contribution in [1.29, 1.82) is 5.26 Å². The van der Waals surface area contributed by atoms with Gasteiger partial charge < -0.3 is 5.32 Å². The molecule has 0 saturated carbocycles. The standard InChI is InChI=1S/C21H16ClN3O/c1-14(17-6-2-4-8-19(17)22)25-21(26)16(13-23)12-15-10-11-24-20-9-5-3-7-18(15)20/h2-12,14H,1H3,(H,25,26)/t14-/m0/s1. The van der Waals surface area contributed by atoms with E-state index in [0.29, 0.717) is 5.02 Å². The molecule has 26 heavy (non-hydrogen) atoms. The van der Waals surface area contributed by atoms with Gasteiger partial charge in [-0.3, -0.25) is 9.78 Å². The zero-order valence-corrected chi connectivity index (χ0v) is 14.9. The lowest BCUT2D eigenvalue weighted by Crippen LogP contribution is -2.27. The van der Waals surface area contributed by atoms with Crippen molar-refractivity contribution in [3.05, 3.63) is 82.5 Å². The molecule has 4 nitrogen and oxygen atoms in total. The lowest BCUT2D eigenvalue weighted by Gasteiger charge is -2.15. The van der Waals surface area contributed by atoms with Gasteiger partial charge in [0.25, 0.3) is 5.91 Å². The van der Waals surface area contributed by atoms with Gasteiger partial charge in [-0.2, -0.15) is 5.26 Å². The van der Waals surface area contributed by atoms with E-state index >= 15 is 0 Å². The Bertz CT molecular complexity index is 1030. The van der Waals surface area contributed by atoms with Crippen LogP contribution in [0.25, 0.3) is 17.0 Å². The normalized spacial score (nSPS) is 12.4. The smallest absolute Gasteiger partial charge is 0.262 e. The van der Waals surface area contributed by atoms with Crippen molar-refractivity contribution in [1.82, 2.24) is 10.3 Å². The number of halogens is 1. The highest BCUT2D eigenvalue weighted by Crippen LogP contribution is 2.23. The molecule has 3 aromatic rings. The van der Waals surface area contributed by atoms with E-state index in [1.54, 1.807) is 24.4 Å². The zero-order valence-electron chi connectivity index (χ0n) is 14.1. The van der Waals surface area contributed by atoms with Gasteiger partial charge in [0.15, 0.2) is 0 Å². The number of fused-ring (bicyclic) bond motifs is 1. The third-order valence-electron chi connectivity index (χ3n) is 4.07. The molecule has 0 aliphatic carbocycles. The first-order chi connectivity index (χ1) is 12.6. The lowest BCUT2D eigenvalue weighted by molar-refractivity contribution is -0.117. The van der Waals surface area contributed by atoms with E-state index in [9.17, 15) is 10.1 Å². The van der Waals surface area contributed by atoms with E-state index in [0.717, 1.165) is 22.0 Å². The maximum atomic E-state index is 12.5. The Hall–Kier alpha value is -3.16. The molecule has 0 aliphatic heterocycles. The molecule has 0 bridgehead atoms. The Labute approximate surface area is 156 Å². The van der Waals surface area contributed by atoms with Gasteiger partial charge in [0.1, 0.15) is 11.6 Å². The number of pyridine rings is 1. The molecule has 1 amide bonds. The Morgan fingerprint density at radius 3 is 2.69 bits per heavy atom. The Balaban J connectivity index is 1.88. The first-order valence-corrected chi connectivity index (χ1v) is 8.49. The van der Waals surface area contributed by atoms with Crippen LogP contribution in [0.2, 0.25) is 5.02 Å². The van der Waals surface area contributed by atoms with Gasteiger partial charge in [-0.05, 0) is 42.3 Å². The van der Waals surface area contributed by atoms with E-state index in [-0.39, 0.29) is 11.6 Å². The minimum Gasteiger partial charge on any atom is -0.345 e. The van der Waals surface area contributed by atoms with Gasteiger partial charge in [-0.1, -0.05) is 48.0 Å². The monoisotopic (exact) mass is 361 g/mol. The van der Waals surface area contributed by atoms with Gasteiger partial charge in [-0.25, -0.2) is 0 Å². The van der Waals surface area contributed by atoms with Crippen LogP contribution in [0.3, 0.4) is 0 Å². The largest absolute Gasteiger partial charge is 0.345 e. The number of nitriles is 1. The van der Waals surface area contributed by atoms with Crippen LogP contribution in [0.5, 0.6) is 0 Å². The molecule has 0 unspecified atom stereocenters. The number of nitrogens with one attached hydrogen (secondary N) is 1. The van der Waals surface area contributed by atoms with Crippen molar-refractivity contribution in [3.8, 4) is 6.07 Å². The minimum absolute atomic E-state index is 0.0280. The van der Waals surface area contributed by atoms with Crippen LogP contribution in [-0.2, 0) is 4.79 Å². The van der Waals surface area contributed by atoms with Gasteiger partial charge in [-0.15, -0.1) is 0 Å². The molecule has 5 heteroatoms. The summed E-state index contributed by atoms with van der Waals surface area (Å²) in [4.78, 5) is 16.8.